The van der Waals surface area contributed by atoms with Crippen LogP contribution >= 0.6 is 0 Å². The zero-order valence-corrected chi connectivity index (χ0v) is 14.3. The Hall–Kier alpha value is -2.40. The van der Waals surface area contributed by atoms with Gasteiger partial charge in [-0.15, -0.1) is 0 Å². The molecule has 1 atom stereocenters. The Balaban J connectivity index is 1.57. The van der Waals surface area contributed by atoms with E-state index in [1.54, 1.807) is 12.1 Å². The van der Waals surface area contributed by atoms with E-state index in [1.807, 2.05) is 35.2 Å². The maximum atomic E-state index is 13.7. The first-order valence-corrected chi connectivity index (χ1v) is 8.44. The number of carbonyl (C=O) groups excluding carboxylic acids is 1. The molecule has 2 aromatic carbocycles. The molecule has 25 heavy (non-hydrogen) atoms. The van der Waals surface area contributed by atoms with Crippen molar-refractivity contribution >= 4 is 5.91 Å². The summed E-state index contributed by atoms with van der Waals surface area (Å²) in [7, 11) is 1.43. The van der Waals surface area contributed by atoms with Crippen LogP contribution in [0.3, 0.4) is 0 Å². The molecular weight excluding hydrogens is 321 g/mol. The van der Waals surface area contributed by atoms with Crippen LogP contribution in [0.5, 0.6) is 5.75 Å². The highest BCUT2D eigenvalue weighted by atomic mass is 19.1. The molecule has 5 heteroatoms. The second kappa shape index (κ2) is 8.12. The van der Waals surface area contributed by atoms with Gasteiger partial charge in [0.1, 0.15) is 6.10 Å². The summed E-state index contributed by atoms with van der Waals surface area (Å²) < 4.78 is 24.4. The topological polar surface area (TPSA) is 38.8 Å². The van der Waals surface area contributed by atoms with Crippen molar-refractivity contribution in [3.63, 3.8) is 0 Å². The standard InChI is InChI=1S/C20H22FNO3/c1-24-18-9-7-15(13-17(18)21)8-10-20(23)22-11-12-25-19(14-22)16-5-3-2-4-6-16/h2-7,9,13,19H,8,10-12,14H2,1H3. The minimum Gasteiger partial charge on any atom is -0.494 e. The highest BCUT2D eigenvalue weighted by Crippen LogP contribution is 2.23. The number of ether oxygens (including phenoxy) is 2. The first kappa shape index (κ1) is 17.4. The van der Waals surface area contributed by atoms with Gasteiger partial charge in [-0.2, -0.15) is 0 Å². The van der Waals surface area contributed by atoms with Gasteiger partial charge in [0.05, 0.1) is 20.3 Å². The Morgan fingerprint density at radius 1 is 1.28 bits per heavy atom. The summed E-state index contributed by atoms with van der Waals surface area (Å²) in [6.45, 7) is 1.68. The molecule has 0 N–H and O–H groups in total. The lowest BCUT2D eigenvalue weighted by atomic mass is 10.1. The Bertz CT molecular complexity index is 720. The lowest BCUT2D eigenvalue weighted by Crippen LogP contribution is -2.42. The van der Waals surface area contributed by atoms with Crippen molar-refractivity contribution in [3.8, 4) is 5.75 Å². The molecule has 0 aromatic heterocycles. The molecule has 0 radical (unpaired) electrons. The van der Waals surface area contributed by atoms with Crippen LogP contribution in [-0.2, 0) is 16.0 Å². The van der Waals surface area contributed by atoms with E-state index in [4.69, 9.17) is 9.47 Å². The fourth-order valence-corrected chi connectivity index (χ4v) is 3.02. The molecule has 132 valence electrons. The van der Waals surface area contributed by atoms with Crippen LogP contribution in [-0.4, -0.2) is 37.6 Å². The average Bonchev–Trinajstić information content (AvgIpc) is 2.67. The van der Waals surface area contributed by atoms with E-state index in [0.29, 0.717) is 32.5 Å². The number of amides is 1. The zero-order valence-electron chi connectivity index (χ0n) is 14.3. The van der Waals surface area contributed by atoms with E-state index in [9.17, 15) is 9.18 Å². The molecule has 1 heterocycles. The monoisotopic (exact) mass is 343 g/mol. The smallest absolute Gasteiger partial charge is 0.223 e. The number of halogens is 1. The number of hydrogen-bond acceptors (Lipinski definition) is 3. The molecular formula is C20H22FNO3. The highest BCUT2D eigenvalue weighted by Gasteiger charge is 2.25. The predicted octanol–water partition coefficient (Wildman–Crippen LogP) is 3.37. The molecule has 1 unspecified atom stereocenters. The number of methoxy groups -OCH3 is 1. The first-order chi connectivity index (χ1) is 12.2. The van der Waals surface area contributed by atoms with Crippen molar-refractivity contribution in [1.82, 2.24) is 4.90 Å². The summed E-state index contributed by atoms with van der Waals surface area (Å²) in [6, 6.07) is 14.7. The van der Waals surface area contributed by atoms with Crippen molar-refractivity contribution in [2.45, 2.75) is 18.9 Å². The molecule has 1 fully saturated rings. The average molecular weight is 343 g/mol. The number of rotatable bonds is 5. The van der Waals surface area contributed by atoms with Gasteiger partial charge in [-0.05, 0) is 29.7 Å². The number of benzene rings is 2. The third-order valence-corrected chi connectivity index (χ3v) is 4.43. The maximum Gasteiger partial charge on any atom is 0.223 e. The number of morpholine rings is 1. The maximum absolute atomic E-state index is 13.7. The molecule has 1 amide bonds. The van der Waals surface area contributed by atoms with Gasteiger partial charge in [0, 0.05) is 13.0 Å². The molecule has 1 saturated heterocycles. The van der Waals surface area contributed by atoms with Crippen LogP contribution in [0.25, 0.3) is 0 Å². The SMILES string of the molecule is COc1ccc(CCC(=O)N2CCOC(c3ccccc3)C2)cc1F. The molecule has 1 aliphatic rings. The minimum atomic E-state index is -0.400. The van der Waals surface area contributed by atoms with Crippen LogP contribution in [0, 0.1) is 5.82 Å². The Morgan fingerprint density at radius 3 is 2.80 bits per heavy atom. The molecule has 4 nitrogen and oxygen atoms in total. The van der Waals surface area contributed by atoms with Crippen LogP contribution in [0.1, 0.15) is 23.7 Å². The molecule has 1 aliphatic heterocycles. The zero-order chi connectivity index (χ0) is 17.6. The molecule has 0 saturated carbocycles. The van der Waals surface area contributed by atoms with Crippen molar-refractivity contribution in [3.05, 3.63) is 65.5 Å². The number of aryl methyl sites for hydroxylation is 1. The minimum absolute atomic E-state index is 0.0699. The summed E-state index contributed by atoms with van der Waals surface area (Å²) in [4.78, 5) is 14.3. The lowest BCUT2D eigenvalue weighted by molar-refractivity contribution is -0.139. The highest BCUT2D eigenvalue weighted by molar-refractivity contribution is 5.76. The number of carbonyl (C=O) groups is 1. The van der Waals surface area contributed by atoms with Gasteiger partial charge in [-0.25, -0.2) is 4.39 Å². The van der Waals surface area contributed by atoms with Gasteiger partial charge in [0.2, 0.25) is 5.91 Å². The Kier molecular flexibility index (Phi) is 5.66. The molecule has 0 bridgehead atoms. The first-order valence-electron chi connectivity index (χ1n) is 8.44. The van der Waals surface area contributed by atoms with E-state index in [1.165, 1.54) is 13.2 Å². The van der Waals surface area contributed by atoms with Crippen molar-refractivity contribution < 1.29 is 18.7 Å². The van der Waals surface area contributed by atoms with Crippen LogP contribution < -0.4 is 4.74 Å². The van der Waals surface area contributed by atoms with Gasteiger partial charge in [-0.3, -0.25) is 4.79 Å². The second-order valence-electron chi connectivity index (χ2n) is 6.08. The lowest BCUT2D eigenvalue weighted by Gasteiger charge is -2.33. The third kappa shape index (κ3) is 4.37. The van der Waals surface area contributed by atoms with E-state index in [0.717, 1.165) is 11.1 Å². The van der Waals surface area contributed by atoms with Crippen LogP contribution in [0.15, 0.2) is 48.5 Å². The van der Waals surface area contributed by atoms with Crippen molar-refractivity contribution in [2.75, 3.05) is 26.8 Å². The van der Waals surface area contributed by atoms with Crippen LogP contribution in [0.2, 0.25) is 0 Å². The van der Waals surface area contributed by atoms with E-state index in [2.05, 4.69) is 0 Å². The van der Waals surface area contributed by atoms with Crippen molar-refractivity contribution in [1.29, 1.82) is 0 Å². The van der Waals surface area contributed by atoms with E-state index in [-0.39, 0.29) is 17.8 Å². The fourth-order valence-electron chi connectivity index (χ4n) is 3.02. The molecule has 0 aliphatic carbocycles. The summed E-state index contributed by atoms with van der Waals surface area (Å²) >= 11 is 0. The van der Waals surface area contributed by atoms with E-state index >= 15 is 0 Å². The normalized spacial score (nSPS) is 17.4. The molecule has 0 spiro atoms. The predicted molar refractivity (Wildman–Crippen MR) is 93.0 cm³/mol. The summed E-state index contributed by atoms with van der Waals surface area (Å²) in [6.07, 6.45) is 0.776. The Morgan fingerprint density at radius 2 is 2.08 bits per heavy atom. The van der Waals surface area contributed by atoms with Gasteiger partial charge in [0.25, 0.3) is 0 Å². The summed E-state index contributed by atoms with van der Waals surface area (Å²) in [5.41, 5.74) is 1.87. The quantitative estimate of drug-likeness (QED) is 0.835. The van der Waals surface area contributed by atoms with E-state index < -0.39 is 5.82 Å². The third-order valence-electron chi connectivity index (χ3n) is 4.43. The fraction of sp³-hybridized carbons (Fsp3) is 0.350. The number of nitrogens with zero attached hydrogens (tertiary/aromatic N) is 1. The molecule has 3 rings (SSSR count). The molecule has 2 aromatic rings. The van der Waals surface area contributed by atoms with Gasteiger partial charge in [0.15, 0.2) is 11.6 Å². The second-order valence-corrected chi connectivity index (χ2v) is 6.08. The Labute approximate surface area is 147 Å². The van der Waals surface area contributed by atoms with Crippen LogP contribution in [0.4, 0.5) is 4.39 Å². The van der Waals surface area contributed by atoms with Gasteiger partial charge < -0.3 is 14.4 Å². The summed E-state index contributed by atoms with van der Waals surface area (Å²) in [5, 5.41) is 0. The summed E-state index contributed by atoms with van der Waals surface area (Å²) in [5.74, 6) is -0.114. The van der Waals surface area contributed by atoms with Gasteiger partial charge >= 0.3 is 0 Å². The van der Waals surface area contributed by atoms with Crippen molar-refractivity contribution in [2.24, 2.45) is 0 Å². The largest absolute Gasteiger partial charge is 0.494 e. The number of hydrogen-bond donors (Lipinski definition) is 0. The van der Waals surface area contributed by atoms with Gasteiger partial charge in [-0.1, -0.05) is 36.4 Å².